The zero-order valence-electron chi connectivity index (χ0n) is 8.34. The Labute approximate surface area is 92.8 Å². The number of nitrogen functional groups attached to an aromatic ring is 1. The maximum Gasteiger partial charge on any atom is 0.124 e. The van der Waals surface area contributed by atoms with E-state index in [9.17, 15) is 0 Å². The van der Waals surface area contributed by atoms with Crippen molar-refractivity contribution in [1.29, 1.82) is 0 Å². The lowest BCUT2D eigenvalue weighted by Gasteiger charge is -2.04. The molecule has 0 unspecified atom stereocenters. The summed E-state index contributed by atoms with van der Waals surface area (Å²) in [5.41, 5.74) is 7.67. The van der Waals surface area contributed by atoms with Crippen LogP contribution in [0.1, 0.15) is 5.56 Å². The number of aryl methyl sites for hydroxylation is 1. The lowest BCUT2D eigenvalue weighted by Crippen LogP contribution is -1.92. The van der Waals surface area contributed by atoms with Crippen molar-refractivity contribution >= 4 is 17.4 Å². The van der Waals surface area contributed by atoms with Crippen LogP contribution < -0.4 is 5.73 Å². The molecule has 2 rings (SSSR count). The summed E-state index contributed by atoms with van der Waals surface area (Å²) in [6.45, 7) is 1.98. The van der Waals surface area contributed by atoms with Crippen LogP contribution in [0.3, 0.4) is 0 Å². The molecular formula is C11H11N3S. The highest BCUT2D eigenvalue weighted by atomic mass is 32.2. The molecule has 4 heteroatoms. The van der Waals surface area contributed by atoms with Crippen LogP contribution in [0.2, 0.25) is 0 Å². The first kappa shape index (κ1) is 9.98. The van der Waals surface area contributed by atoms with Gasteiger partial charge in [0.25, 0.3) is 0 Å². The average molecular weight is 217 g/mol. The largest absolute Gasteiger partial charge is 0.397 e. The predicted octanol–water partition coefficient (Wildman–Crippen LogP) is 2.52. The highest BCUT2D eigenvalue weighted by Crippen LogP contribution is 2.29. The summed E-state index contributed by atoms with van der Waals surface area (Å²) in [6, 6.07) is 5.80. The van der Waals surface area contributed by atoms with Crippen LogP contribution in [0, 0.1) is 6.92 Å². The van der Waals surface area contributed by atoms with Crippen LogP contribution in [0.4, 0.5) is 5.69 Å². The maximum absolute atomic E-state index is 5.87. The Morgan fingerprint density at radius 1 is 1.27 bits per heavy atom. The Morgan fingerprint density at radius 2 is 2.00 bits per heavy atom. The van der Waals surface area contributed by atoms with E-state index in [2.05, 4.69) is 9.97 Å². The molecule has 0 aliphatic heterocycles. The SMILES string of the molecule is Cc1cnc(Sc2ccncc2)c(N)c1. The highest BCUT2D eigenvalue weighted by Gasteiger charge is 2.02. The summed E-state index contributed by atoms with van der Waals surface area (Å²) in [5.74, 6) is 0. The minimum Gasteiger partial charge on any atom is -0.397 e. The molecule has 0 aromatic carbocycles. The Bertz CT molecular complexity index is 457. The van der Waals surface area contributed by atoms with Gasteiger partial charge in [0.1, 0.15) is 5.03 Å². The smallest absolute Gasteiger partial charge is 0.124 e. The molecule has 2 aromatic heterocycles. The van der Waals surface area contributed by atoms with Gasteiger partial charge in [0.2, 0.25) is 0 Å². The zero-order valence-corrected chi connectivity index (χ0v) is 9.16. The van der Waals surface area contributed by atoms with Gasteiger partial charge in [0.15, 0.2) is 0 Å². The number of rotatable bonds is 2. The monoisotopic (exact) mass is 217 g/mol. The average Bonchev–Trinajstić information content (AvgIpc) is 2.24. The van der Waals surface area contributed by atoms with E-state index >= 15 is 0 Å². The van der Waals surface area contributed by atoms with Crippen LogP contribution >= 0.6 is 11.8 Å². The standard InChI is InChI=1S/C11H11N3S/c1-8-6-10(12)11(14-7-8)15-9-2-4-13-5-3-9/h2-7H,12H2,1H3. The fraction of sp³-hybridized carbons (Fsp3) is 0.0909. The number of nitrogens with two attached hydrogens (primary N) is 1. The third-order valence-electron chi connectivity index (χ3n) is 1.88. The number of pyridine rings is 2. The minimum absolute atomic E-state index is 0.719. The zero-order chi connectivity index (χ0) is 10.7. The first-order chi connectivity index (χ1) is 7.25. The number of anilines is 1. The van der Waals surface area contributed by atoms with Crippen molar-refractivity contribution in [3.8, 4) is 0 Å². The van der Waals surface area contributed by atoms with Gasteiger partial charge >= 0.3 is 0 Å². The van der Waals surface area contributed by atoms with Gasteiger partial charge in [-0.05, 0) is 30.7 Å². The molecule has 0 spiro atoms. The fourth-order valence-corrected chi connectivity index (χ4v) is 1.95. The van der Waals surface area contributed by atoms with Crippen molar-refractivity contribution in [3.05, 3.63) is 42.4 Å². The quantitative estimate of drug-likeness (QED) is 0.839. The molecule has 0 radical (unpaired) electrons. The molecule has 0 saturated heterocycles. The number of hydrogen-bond acceptors (Lipinski definition) is 4. The second kappa shape index (κ2) is 4.31. The molecule has 0 atom stereocenters. The van der Waals surface area contributed by atoms with E-state index in [1.54, 1.807) is 24.2 Å². The van der Waals surface area contributed by atoms with Gasteiger partial charge in [-0.25, -0.2) is 4.98 Å². The second-order valence-corrected chi connectivity index (χ2v) is 4.25. The van der Waals surface area contributed by atoms with E-state index in [4.69, 9.17) is 5.73 Å². The van der Waals surface area contributed by atoms with Crippen molar-refractivity contribution < 1.29 is 0 Å². The number of aromatic nitrogens is 2. The van der Waals surface area contributed by atoms with E-state index in [1.807, 2.05) is 31.3 Å². The van der Waals surface area contributed by atoms with Crippen LogP contribution in [-0.4, -0.2) is 9.97 Å². The molecule has 2 aromatic rings. The summed E-state index contributed by atoms with van der Waals surface area (Å²) in [4.78, 5) is 9.34. The molecule has 2 N–H and O–H groups in total. The molecule has 0 fully saturated rings. The van der Waals surface area contributed by atoms with Crippen LogP contribution in [0.15, 0.2) is 46.7 Å². The molecule has 0 aliphatic rings. The number of nitrogens with zero attached hydrogens (tertiary/aromatic N) is 2. The molecule has 15 heavy (non-hydrogen) atoms. The summed E-state index contributed by atoms with van der Waals surface area (Å²) < 4.78 is 0. The first-order valence-electron chi connectivity index (χ1n) is 4.56. The van der Waals surface area contributed by atoms with Crippen molar-refractivity contribution in [1.82, 2.24) is 9.97 Å². The summed E-state index contributed by atoms with van der Waals surface area (Å²) in [6.07, 6.45) is 5.33. The Morgan fingerprint density at radius 3 is 2.67 bits per heavy atom. The Kier molecular flexibility index (Phi) is 2.87. The highest BCUT2D eigenvalue weighted by molar-refractivity contribution is 7.99. The lowest BCUT2D eigenvalue weighted by molar-refractivity contribution is 1.11. The Balaban J connectivity index is 2.25. The topological polar surface area (TPSA) is 51.8 Å². The van der Waals surface area contributed by atoms with Crippen molar-refractivity contribution in [2.45, 2.75) is 16.8 Å². The molecule has 76 valence electrons. The molecule has 0 bridgehead atoms. The van der Waals surface area contributed by atoms with Gasteiger partial charge in [0, 0.05) is 23.5 Å². The Hall–Kier alpha value is -1.55. The molecule has 0 amide bonds. The van der Waals surface area contributed by atoms with Crippen molar-refractivity contribution in [2.24, 2.45) is 0 Å². The maximum atomic E-state index is 5.87. The van der Waals surface area contributed by atoms with Crippen molar-refractivity contribution in [3.63, 3.8) is 0 Å². The van der Waals surface area contributed by atoms with Gasteiger partial charge in [-0.1, -0.05) is 11.8 Å². The van der Waals surface area contributed by atoms with Gasteiger partial charge in [-0.3, -0.25) is 4.98 Å². The van der Waals surface area contributed by atoms with E-state index < -0.39 is 0 Å². The first-order valence-corrected chi connectivity index (χ1v) is 5.37. The van der Waals surface area contributed by atoms with Gasteiger partial charge in [0.05, 0.1) is 5.69 Å². The minimum atomic E-state index is 0.719. The molecule has 2 heterocycles. The van der Waals surface area contributed by atoms with Gasteiger partial charge < -0.3 is 5.73 Å². The molecular weight excluding hydrogens is 206 g/mol. The third-order valence-corrected chi connectivity index (χ3v) is 2.92. The van der Waals surface area contributed by atoms with Gasteiger partial charge in [-0.15, -0.1) is 0 Å². The van der Waals surface area contributed by atoms with Crippen LogP contribution in [0.25, 0.3) is 0 Å². The van der Waals surface area contributed by atoms with Crippen molar-refractivity contribution in [2.75, 3.05) is 5.73 Å². The van der Waals surface area contributed by atoms with E-state index in [-0.39, 0.29) is 0 Å². The van der Waals surface area contributed by atoms with Gasteiger partial charge in [-0.2, -0.15) is 0 Å². The van der Waals surface area contributed by atoms with E-state index in [1.165, 1.54) is 0 Å². The molecule has 3 nitrogen and oxygen atoms in total. The van der Waals surface area contributed by atoms with E-state index in [0.29, 0.717) is 0 Å². The lowest BCUT2D eigenvalue weighted by atomic mass is 10.3. The second-order valence-electron chi connectivity index (χ2n) is 3.19. The summed E-state index contributed by atoms with van der Waals surface area (Å²) >= 11 is 1.55. The van der Waals surface area contributed by atoms with Crippen LogP contribution in [0.5, 0.6) is 0 Å². The van der Waals surface area contributed by atoms with Crippen LogP contribution in [-0.2, 0) is 0 Å². The summed E-state index contributed by atoms with van der Waals surface area (Å²) in [7, 11) is 0. The predicted molar refractivity (Wildman–Crippen MR) is 61.7 cm³/mol. The normalized spacial score (nSPS) is 10.2. The molecule has 0 aliphatic carbocycles. The number of hydrogen-bond donors (Lipinski definition) is 1. The fourth-order valence-electron chi connectivity index (χ4n) is 1.18. The summed E-state index contributed by atoms with van der Waals surface area (Å²) in [5, 5.41) is 0.840. The molecule has 0 saturated carbocycles. The third kappa shape index (κ3) is 2.47. The van der Waals surface area contributed by atoms with E-state index in [0.717, 1.165) is 21.2 Å².